The van der Waals surface area contributed by atoms with Crippen molar-refractivity contribution < 1.29 is 0 Å². The zero-order chi connectivity index (χ0) is 14.0. The number of anilines is 1. The van der Waals surface area contributed by atoms with Gasteiger partial charge in [-0.05, 0) is 12.1 Å². The molecule has 1 aromatic heterocycles. The number of aromatic nitrogens is 2. The molecule has 7 nitrogen and oxygen atoms in total. The molecule has 96 valence electrons. The van der Waals surface area contributed by atoms with Gasteiger partial charge in [0, 0.05) is 18.6 Å². The molecule has 0 fully saturated rings. The van der Waals surface area contributed by atoms with Crippen LogP contribution in [0.25, 0.3) is 10.9 Å². The van der Waals surface area contributed by atoms with Crippen molar-refractivity contribution in [3.05, 3.63) is 23.4 Å². The van der Waals surface area contributed by atoms with Gasteiger partial charge in [-0.15, -0.1) is 0 Å². The summed E-state index contributed by atoms with van der Waals surface area (Å²) in [7, 11) is 1.81. The van der Waals surface area contributed by atoms with Crippen molar-refractivity contribution in [3.8, 4) is 6.07 Å². The number of nitrogens with one attached hydrogen (secondary N) is 2. The molecule has 2 rings (SSSR count). The number of hydrazone groups is 1. The minimum absolute atomic E-state index is 0.206. The number of fused-ring (bicyclic) bond motifs is 1. The Bertz CT molecular complexity index is 722. The summed E-state index contributed by atoms with van der Waals surface area (Å²) in [6.07, 6.45) is 1.83. The summed E-state index contributed by atoms with van der Waals surface area (Å²) in [6.45, 7) is 0. The molecule has 0 aliphatic rings. The van der Waals surface area contributed by atoms with Gasteiger partial charge in [-0.3, -0.25) is 15.5 Å². The molecule has 8 heteroatoms. The van der Waals surface area contributed by atoms with Crippen LogP contribution in [0.2, 0.25) is 5.02 Å². The maximum absolute atomic E-state index is 8.73. The fraction of sp³-hybridized carbons (Fsp3) is 0.0909. The highest BCUT2D eigenvalue weighted by Gasteiger charge is 2.07. The van der Waals surface area contributed by atoms with Crippen LogP contribution in [-0.4, -0.2) is 21.3 Å². The highest BCUT2D eigenvalue weighted by Crippen LogP contribution is 2.27. The number of rotatable bonds is 3. The summed E-state index contributed by atoms with van der Waals surface area (Å²) >= 11 is 6.07. The number of aryl methyl sites for hydroxylation is 1. The summed E-state index contributed by atoms with van der Waals surface area (Å²) in [4.78, 5) is 0. The third-order valence-corrected chi connectivity index (χ3v) is 2.67. The SMILES string of the molecule is Cn1cc2cc(N/N=C(\C#N)C(=N)N)c(Cl)cc2n1. The van der Waals surface area contributed by atoms with Crippen molar-refractivity contribution in [3.63, 3.8) is 0 Å². The number of hydrogen-bond acceptors (Lipinski definition) is 5. The number of amidine groups is 1. The molecular weight excluding hydrogens is 266 g/mol. The number of halogens is 1. The largest absolute Gasteiger partial charge is 0.382 e. The van der Waals surface area contributed by atoms with Gasteiger partial charge in [-0.2, -0.15) is 15.5 Å². The molecule has 0 radical (unpaired) electrons. The Morgan fingerprint density at radius 3 is 3.00 bits per heavy atom. The Hall–Kier alpha value is -2.59. The standard InChI is InChI=1S/C11H10ClN7/c1-19-5-6-2-9(7(12)3-8(6)18-19)16-17-10(4-13)11(14)15/h2-3,5,16H,1H3,(H3,14,15)/b17-10+. The van der Waals surface area contributed by atoms with Crippen LogP contribution in [0.5, 0.6) is 0 Å². The summed E-state index contributed by atoms with van der Waals surface area (Å²) in [5.41, 5.74) is 8.87. The Labute approximate surface area is 113 Å². The Balaban J connectivity index is 2.38. The number of nitriles is 1. The lowest BCUT2D eigenvalue weighted by atomic mass is 10.2. The number of nitrogens with zero attached hydrogens (tertiary/aromatic N) is 4. The Morgan fingerprint density at radius 2 is 2.37 bits per heavy atom. The van der Waals surface area contributed by atoms with Gasteiger partial charge in [0.15, 0.2) is 5.84 Å². The van der Waals surface area contributed by atoms with Crippen molar-refractivity contribution in [1.29, 1.82) is 10.7 Å². The zero-order valence-corrected chi connectivity index (χ0v) is 10.7. The van der Waals surface area contributed by atoms with Crippen LogP contribution in [-0.2, 0) is 7.05 Å². The van der Waals surface area contributed by atoms with Crippen LogP contribution in [0.1, 0.15) is 0 Å². The Morgan fingerprint density at radius 1 is 1.63 bits per heavy atom. The fourth-order valence-corrected chi connectivity index (χ4v) is 1.72. The second kappa shape index (κ2) is 4.96. The highest BCUT2D eigenvalue weighted by molar-refractivity contribution is 6.46. The first-order valence-corrected chi connectivity index (χ1v) is 5.60. The maximum atomic E-state index is 8.73. The number of nitrogens with two attached hydrogens (primary N) is 1. The number of benzene rings is 1. The van der Waals surface area contributed by atoms with E-state index in [1.807, 2.05) is 13.2 Å². The molecule has 0 atom stereocenters. The van der Waals surface area contributed by atoms with E-state index in [0.717, 1.165) is 10.9 Å². The summed E-state index contributed by atoms with van der Waals surface area (Å²) < 4.78 is 1.67. The zero-order valence-electron chi connectivity index (χ0n) is 9.98. The molecule has 0 bridgehead atoms. The van der Waals surface area contributed by atoms with Crippen LogP contribution in [0.3, 0.4) is 0 Å². The maximum Gasteiger partial charge on any atom is 0.201 e. The third kappa shape index (κ3) is 2.64. The minimum Gasteiger partial charge on any atom is -0.382 e. The predicted molar refractivity (Wildman–Crippen MR) is 74.3 cm³/mol. The van der Waals surface area contributed by atoms with Crippen LogP contribution in [0.4, 0.5) is 5.69 Å². The van der Waals surface area contributed by atoms with Gasteiger partial charge < -0.3 is 5.73 Å². The first kappa shape index (κ1) is 12.9. The van der Waals surface area contributed by atoms with Crippen molar-refractivity contribution >= 4 is 39.7 Å². The van der Waals surface area contributed by atoms with Gasteiger partial charge in [-0.1, -0.05) is 11.6 Å². The summed E-state index contributed by atoms with van der Waals surface area (Å²) in [5.74, 6) is -0.409. The van der Waals surface area contributed by atoms with Crippen LogP contribution >= 0.6 is 11.6 Å². The van der Waals surface area contributed by atoms with Gasteiger partial charge in [0.25, 0.3) is 0 Å². The van der Waals surface area contributed by atoms with E-state index in [1.54, 1.807) is 22.9 Å². The molecule has 1 heterocycles. The molecule has 0 spiro atoms. The van der Waals surface area contributed by atoms with E-state index in [-0.39, 0.29) is 5.71 Å². The molecule has 2 aromatic rings. The fourth-order valence-electron chi connectivity index (χ4n) is 1.52. The van der Waals surface area contributed by atoms with Gasteiger partial charge in [0.2, 0.25) is 5.71 Å². The minimum atomic E-state index is -0.409. The van der Waals surface area contributed by atoms with Crippen LogP contribution < -0.4 is 11.2 Å². The van der Waals surface area contributed by atoms with Crippen molar-refractivity contribution in [1.82, 2.24) is 9.78 Å². The van der Waals surface area contributed by atoms with Gasteiger partial charge in [0.1, 0.15) is 6.07 Å². The molecule has 0 amide bonds. The average molecular weight is 276 g/mol. The lowest BCUT2D eigenvalue weighted by Gasteiger charge is -2.03. The van der Waals surface area contributed by atoms with Crippen molar-refractivity contribution in [2.75, 3.05) is 5.43 Å². The first-order valence-electron chi connectivity index (χ1n) is 5.22. The Kier molecular flexibility index (Phi) is 3.35. The molecule has 4 N–H and O–H groups in total. The third-order valence-electron chi connectivity index (χ3n) is 2.36. The second-order valence-electron chi connectivity index (χ2n) is 3.79. The summed E-state index contributed by atoms with van der Waals surface area (Å²) in [5, 5.41) is 25.1. The van der Waals surface area contributed by atoms with Crippen molar-refractivity contribution in [2.24, 2.45) is 17.9 Å². The van der Waals surface area contributed by atoms with Crippen LogP contribution in [0.15, 0.2) is 23.4 Å². The van der Waals surface area contributed by atoms with Gasteiger partial charge in [-0.25, -0.2) is 0 Å². The van der Waals surface area contributed by atoms with E-state index < -0.39 is 5.84 Å². The van der Waals surface area contributed by atoms with E-state index in [0.29, 0.717) is 10.7 Å². The molecule has 0 unspecified atom stereocenters. The molecule has 0 aliphatic heterocycles. The van der Waals surface area contributed by atoms with E-state index >= 15 is 0 Å². The number of hydrogen-bond donors (Lipinski definition) is 3. The molecule has 0 saturated heterocycles. The van der Waals surface area contributed by atoms with Crippen molar-refractivity contribution in [2.45, 2.75) is 0 Å². The molecular formula is C11H10ClN7. The molecule has 0 aliphatic carbocycles. The second-order valence-corrected chi connectivity index (χ2v) is 4.20. The monoisotopic (exact) mass is 275 g/mol. The topological polar surface area (TPSA) is 116 Å². The quantitative estimate of drug-likeness (QED) is 0.446. The molecule has 1 aromatic carbocycles. The lowest BCUT2D eigenvalue weighted by molar-refractivity contribution is 0.780. The van der Waals surface area contributed by atoms with Gasteiger partial charge >= 0.3 is 0 Å². The molecule has 19 heavy (non-hydrogen) atoms. The highest BCUT2D eigenvalue weighted by atomic mass is 35.5. The van der Waals surface area contributed by atoms with Crippen LogP contribution in [0, 0.1) is 16.7 Å². The average Bonchev–Trinajstić information content (AvgIpc) is 2.68. The lowest BCUT2D eigenvalue weighted by Crippen LogP contribution is -2.21. The normalized spacial score (nSPS) is 11.3. The first-order chi connectivity index (χ1) is 9.01. The summed E-state index contributed by atoms with van der Waals surface area (Å²) in [6, 6.07) is 5.15. The van der Waals surface area contributed by atoms with E-state index in [4.69, 9.17) is 28.0 Å². The van der Waals surface area contributed by atoms with E-state index in [1.165, 1.54) is 0 Å². The molecule has 0 saturated carbocycles. The van der Waals surface area contributed by atoms with E-state index in [9.17, 15) is 0 Å². The predicted octanol–water partition coefficient (Wildman–Crippen LogP) is 1.45. The van der Waals surface area contributed by atoms with E-state index in [2.05, 4.69) is 15.6 Å². The van der Waals surface area contributed by atoms with Gasteiger partial charge in [0.05, 0.1) is 16.2 Å². The smallest absolute Gasteiger partial charge is 0.201 e.